The van der Waals surface area contributed by atoms with Crippen molar-refractivity contribution in [1.29, 1.82) is 5.41 Å². The molecule has 2 aromatic rings. The lowest BCUT2D eigenvalue weighted by atomic mass is 10.1. The number of aromatic nitrogens is 2. The first kappa shape index (κ1) is 23.0. The van der Waals surface area contributed by atoms with E-state index >= 15 is 0 Å². The number of fused-ring (bicyclic) bond motifs is 1. The summed E-state index contributed by atoms with van der Waals surface area (Å²) >= 11 is 20.7. The van der Waals surface area contributed by atoms with Crippen molar-refractivity contribution in [3.05, 3.63) is 28.5 Å². The Morgan fingerprint density at radius 3 is 2.59 bits per heavy atom. The highest BCUT2D eigenvalue weighted by Gasteiger charge is 2.30. The number of rotatable bonds is 7. The van der Waals surface area contributed by atoms with Gasteiger partial charge in [-0.05, 0) is 25.1 Å². The molecule has 0 spiro atoms. The number of ether oxygens (including phenoxy) is 2. The van der Waals surface area contributed by atoms with Crippen molar-refractivity contribution in [2.75, 3.05) is 6.61 Å². The van der Waals surface area contributed by atoms with Gasteiger partial charge in [-0.15, -0.1) is 0 Å². The van der Waals surface area contributed by atoms with Gasteiger partial charge >= 0.3 is 0 Å². The minimum absolute atomic E-state index is 0.427. The Morgan fingerprint density at radius 1 is 1.33 bits per heavy atom. The van der Waals surface area contributed by atoms with E-state index in [4.69, 9.17) is 49.7 Å². The molecule has 0 aliphatic rings. The zero-order chi connectivity index (χ0) is 20.4. The maximum Gasteiger partial charge on any atom is 0.265 e. The van der Waals surface area contributed by atoms with Gasteiger partial charge in [0.05, 0.1) is 17.4 Å². The Hall–Kier alpha value is -0.313. The maximum atomic E-state index is 7.78. The summed E-state index contributed by atoms with van der Waals surface area (Å²) in [7, 11) is -1.12. The van der Waals surface area contributed by atoms with Crippen LogP contribution < -0.4 is 0 Å². The van der Waals surface area contributed by atoms with Crippen LogP contribution in [0.15, 0.2) is 22.9 Å². The van der Waals surface area contributed by atoms with E-state index in [1.54, 1.807) is 13.3 Å². The van der Waals surface area contributed by atoms with Crippen LogP contribution in [0.4, 0.5) is 0 Å². The van der Waals surface area contributed by atoms with Crippen molar-refractivity contribution in [3.63, 3.8) is 0 Å². The number of hydrogen-bond acceptors (Lipinski definition) is 4. The topological polar surface area (TPSA) is 60.1 Å². The largest absolute Gasteiger partial charge is 0.470 e. The zero-order valence-corrected chi connectivity index (χ0v) is 20.5. The van der Waals surface area contributed by atoms with Gasteiger partial charge in [-0.25, -0.2) is 4.98 Å². The van der Waals surface area contributed by atoms with Crippen LogP contribution in [0.5, 0.6) is 0 Å². The summed E-state index contributed by atoms with van der Waals surface area (Å²) in [6, 6.07) is 4.97. The predicted octanol–water partition coefficient (Wildman–Crippen LogP) is 6.54. The third kappa shape index (κ3) is 6.61. The number of imidazole rings is 1. The van der Waals surface area contributed by atoms with E-state index in [0.717, 1.165) is 33.7 Å². The van der Waals surface area contributed by atoms with Crippen LogP contribution >= 0.6 is 50.7 Å². The maximum absolute atomic E-state index is 7.78. The first-order valence-electron chi connectivity index (χ1n) is 8.43. The molecule has 0 bridgehead atoms. The summed E-state index contributed by atoms with van der Waals surface area (Å²) in [5, 5.41) is 7.78. The Kier molecular flexibility index (Phi) is 7.66. The van der Waals surface area contributed by atoms with Gasteiger partial charge in [0.15, 0.2) is 0 Å². The molecule has 10 heteroatoms. The van der Waals surface area contributed by atoms with Gasteiger partial charge in [-0.3, -0.25) is 5.41 Å². The van der Waals surface area contributed by atoms with Crippen LogP contribution in [0.2, 0.25) is 25.7 Å². The number of hydrogen-bond donors (Lipinski definition) is 1. The molecule has 1 heterocycles. The average Bonchev–Trinajstić information content (AvgIpc) is 2.91. The van der Waals surface area contributed by atoms with E-state index in [0.29, 0.717) is 6.73 Å². The molecule has 1 aromatic carbocycles. The smallest absolute Gasteiger partial charge is 0.265 e. The van der Waals surface area contributed by atoms with Crippen LogP contribution in [-0.2, 0) is 16.2 Å². The third-order valence-electron chi connectivity index (χ3n) is 3.94. The van der Waals surface area contributed by atoms with E-state index < -0.39 is 23.9 Å². The second kappa shape index (κ2) is 9.01. The fourth-order valence-corrected chi connectivity index (χ4v) is 3.77. The summed E-state index contributed by atoms with van der Waals surface area (Å²) in [5.74, 6) is -0.428. The summed E-state index contributed by atoms with van der Waals surface area (Å²) in [4.78, 5) is 4.50. The predicted molar refractivity (Wildman–Crippen MR) is 119 cm³/mol. The fourth-order valence-electron chi connectivity index (χ4n) is 2.42. The SMILES string of the molecule is CC(OC(=N)C(Cl)(Cl)Cl)c1cc(Br)cc2c1ncn2COCC[Si](C)(C)C. The number of benzene rings is 1. The Bertz CT molecular complexity index is 818. The molecule has 2 rings (SSSR count). The molecular weight excluding hydrogens is 493 g/mol. The van der Waals surface area contributed by atoms with Gasteiger partial charge in [0.25, 0.3) is 3.79 Å². The van der Waals surface area contributed by atoms with Crippen molar-refractivity contribution in [1.82, 2.24) is 9.55 Å². The molecule has 0 radical (unpaired) electrons. The summed E-state index contributed by atoms with van der Waals surface area (Å²) in [5.41, 5.74) is 2.46. The van der Waals surface area contributed by atoms with Crippen molar-refractivity contribution < 1.29 is 9.47 Å². The molecule has 1 unspecified atom stereocenters. The van der Waals surface area contributed by atoms with Crippen molar-refractivity contribution in [3.8, 4) is 0 Å². The molecule has 27 heavy (non-hydrogen) atoms. The molecule has 1 N–H and O–H groups in total. The van der Waals surface area contributed by atoms with Crippen molar-refractivity contribution >= 4 is 75.7 Å². The highest BCUT2D eigenvalue weighted by Crippen LogP contribution is 2.34. The Labute approximate surface area is 183 Å². The Balaban J connectivity index is 2.20. The standard InChI is InChI=1S/C17H23BrCl3N3O2Si/c1-11(26-16(22)17(19,20)21)13-7-12(18)8-14-15(13)23-9-24(14)10-25-5-6-27(2,3)4/h7-9,11,22H,5-6,10H2,1-4H3. The molecule has 0 saturated heterocycles. The van der Waals surface area contributed by atoms with Crippen LogP contribution in [0.3, 0.4) is 0 Å². The van der Waals surface area contributed by atoms with Crippen LogP contribution in [0.1, 0.15) is 18.6 Å². The Morgan fingerprint density at radius 2 is 2.00 bits per heavy atom. The van der Waals surface area contributed by atoms with Crippen LogP contribution in [0.25, 0.3) is 11.0 Å². The van der Waals surface area contributed by atoms with E-state index in [-0.39, 0.29) is 0 Å². The summed E-state index contributed by atoms with van der Waals surface area (Å²) < 4.78 is 12.2. The molecular formula is C17H23BrCl3N3O2Si. The minimum Gasteiger partial charge on any atom is -0.470 e. The molecule has 0 aliphatic heterocycles. The molecule has 1 aromatic heterocycles. The molecule has 150 valence electrons. The zero-order valence-electron chi connectivity index (χ0n) is 15.7. The lowest BCUT2D eigenvalue weighted by Crippen LogP contribution is -2.22. The van der Waals surface area contributed by atoms with Crippen LogP contribution in [-0.4, -0.2) is 33.9 Å². The highest BCUT2D eigenvalue weighted by atomic mass is 79.9. The number of nitrogens with one attached hydrogen (secondary N) is 1. The van der Waals surface area contributed by atoms with Gasteiger partial charge in [0.1, 0.15) is 12.8 Å². The normalized spacial score (nSPS) is 13.8. The van der Waals surface area contributed by atoms with E-state index in [1.165, 1.54) is 0 Å². The van der Waals surface area contributed by atoms with Crippen LogP contribution in [0, 0.1) is 5.41 Å². The van der Waals surface area contributed by atoms with Gasteiger partial charge in [-0.1, -0.05) is 70.4 Å². The van der Waals surface area contributed by atoms with Crippen molar-refractivity contribution in [2.24, 2.45) is 0 Å². The summed E-state index contributed by atoms with van der Waals surface area (Å²) in [6.45, 7) is 9.91. The minimum atomic E-state index is -1.90. The fraction of sp³-hybridized carbons (Fsp3) is 0.529. The van der Waals surface area contributed by atoms with E-state index in [1.807, 2.05) is 16.7 Å². The highest BCUT2D eigenvalue weighted by molar-refractivity contribution is 9.10. The summed E-state index contributed by atoms with van der Waals surface area (Å²) in [6.07, 6.45) is 1.23. The second-order valence-electron chi connectivity index (χ2n) is 7.51. The monoisotopic (exact) mass is 513 g/mol. The molecule has 5 nitrogen and oxygen atoms in total. The lowest BCUT2D eigenvalue weighted by molar-refractivity contribution is 0.0898. The molecule has 0 saturated carbocycles. The van der Waals surface area contributed by atoms with Gasteiger partial charge in [0.2, 0.25) is 5.90 Å². The van der Waals surface area contributed by atoms with E-state index in [2.05, 4.69) is 40.6 Å². The lowest BCUT2D eigenvalue weighted by Gasteiger charge is -2.20. The third-order valence-corrected chi connectivity index (χ3v) is 6.61. The molecule has 0 aliphatic carbocycles. The quantitative estimate of drug-likeness (QED) is 0.150. The number of nitrogens with zero attached hydrogens (tertiary/aromatic N) is 2. The second-order valence-corrected chi connectivity index (χ2v) is 16.3. The van der Waals surface area contributed by atoms with Crippen molar-refractivity contribution in [2.45, 2.75) is 49.2 Å². The number of halogens is 4. The average molecular weight is 516 g/mol. The molecule has 1 atom stereocenters. The van der Waals surface area contributed by atoms with Gasteiger partial charge < -0.3 is 14.0 Å². The first-order chi connectivity index (χ1) is 12.4. The molecule has 0 amide bonds. The molecule has 0 fully saturated rings. The first-order valence-corrected chi connectivity index (χ1v) is 14.1. The van der Waals surface area contributed by atoms with Gasteiger partial charge in [0, 0.05) is 24.7 Å². The number of alkyl halides is 3. The van der Waals surface area contributed by atoms with E-state index in [9.17, 15) is 0 Å². The van der Waals surface area contributed by atoms with Gasteiger partial charge in [-0.2, -0.15) is 0 Å².